The molecule has 0 fully saturated rings. The van der Waals surface area contributed by atoms with E-state index in [1.54, 1.807) is 20.1 Å². The Morgan fingerprint density at radius 2 is 1.41 bits per heavy atom. The number of ether oxygens (including phenoxy) is 2. The van der Waals surface area contributed by atoms with Crippen molar-refractivity contribution >= 4 is 12.2 Å². The molecule has 0 spiro atoms. The third-order valence-electron chi connectivity index (χ3n) is 5.62. The molecule has 0 unspecified atom stereocenters. The number of unbranched alkanes of at least 4 members (excludes halogenated alkanes) is 13. The SMILES string of the molecule is C=C(C)C(=O)Oc1ccc(C=NCCCCCCCCCCCCCCCC)cc1OC. The smallest absolute Gasteiger partial charge is 0.338 e. The first-order valence-electron chi connectivity index (χ1n) is 12.6. The van der Waals surface area contributed by atoms with Crippen LogP contribution in [-0.4, -0.2) is 25.8 Å². The Morgan fingerprint density at radius 3 is 1.91 bits per heavy atom. The highest BCUT2D eigenvalue weighted by Gasteiger charge is 2.10. The zero-order valence-electron chi connectivity index (χ0n) is 20.8. The fourth-order valence-corrected chi connectivity index (χ4v) is 3.60. The molecule has 0 bridgehead atoms. The molecular weight excluding hydrogens is 398 g/mol. The zero-order valence-corrected chi connectivity index (χ0v) is 20.8. The van der Waals surface area contributed by atoms with Gasteiger partial charge in [0, 0.05) is 18.3 Å². The van der Waals surface area contributed by atoms with Crippen LogP contribution in [0.5, 0.6) is 11.5 Å². The average Bonchev–Trinajstić information content (AvgIpc) is 2.79. The first-order valence-corrected chi connectivity index (χ1v) is 12.6. The molecule has 0 aromatic heterocycles. The maximum atomic E-state index is 11.7. The van der Waals surface area contributed by atoms with Gasteiger partial charge in [0.1, 0.15) is 0 Å². The highest BCUT2D eigenvalue weighted by Crippen LogP contribution is 2.28. The minimum Gasteiger partial charge on any atom is -0.493 e. The number of carbonyl (C=O) groups is 1. The van der Waals surface area contributed by atoms with Gasteiger partial charge in [0.25, 0.3) is 0 Å². The Labute approximate surface area is 196 Å². The van der Waals surface area contributed by atoms with Crippen LogP contribution in [0.4, 0.5) is 0 Å². The first-order chi connectivity index (χ1) is 15.6. The third kappa shape index (κ3) is 13.3. The summed E-state index contributed by atoms with van der Waals surface area (Å²) in [5.41, 5.74) is 1.29. The van der Waals surface area contributed by atoms with Crippen molar-refractivity contribution in [1.82, 2.24) is 0 Å². The molecule has 0 saturated heterocycles. The number of carbonyl (C=O) groups excluding carboxylic acids is 1. The molecule has 1 aromatic rings. The van der Waals surface area contributed by atoms with Crippen molar-refractivity contribution in [2.45, 2.75) is 104 Å². The average molecular weight is 444 g/mol. The third-order valence-corrected chi connectivity index (χ3v) is 5.62. The minimum atomic E-state index is -0.456. The van der Waals surface area contributed by atoms with E-state index >= 15 is 0 Å². The maximum Gasteiger partial charge on any atom is 0.338 e. The van der Waals surface area contributed by atoms with Gasteiger partial charge in [0.15, 0.2) is 11.5 Å². The molecule has 0 aliphatic rings. The lowest BCUT2D eigenvalue weighted by atomic mass is 10.0. The van der Waals surface area contributed by atoms with E-state index in [1.165, 1.54) is 83.5 Å². The quantitative estimate of drug-likeness (QED) is 0.0714. The van der Waals surface area contributed by atoms with Gasteiger partial charge in [-0.2, -0.15) is 0 Å². The molecule has 4 heteroatoms. The molecule has 32 heavy (non-hydrogen) atoms. The van der Waals surface area contributed by atoms with E-state index in [0.717, 1.165) is 18.5 Å². The fourth-order valence-electron chi connectivity index (χ4n) is 3.60. The van der Waals surface area contributed by atoms with Crippen LogP contribution in [0.1, 0.15) is 109 Å². The van der Waals surface area contributed by atoms with Crippen LogP contribution in [0, 0.1) is 0 Å². The summed E-state index contributed by atoms with van der Waals surface area (Å²) in [6, 6.07) is 5.43. The Bertz CT molecular complexity index is 681. The molecule has 0 N–H and O–H groups in total. The normalized spacial score (nSPS) is 11.1. The molecule has 1 rings (SSSR count). The number of benzene rings is 1. The molecule has 180 valence electrons. The van der Waals surface area contributed by atoms with Crippen LogP contribution in [0.3, 0.4) is 0 Å². The predicted molar refractivity (Wildman–Crippen MR) is 136 cm³/mol. The van der Waals surface area contributed by atoms with E-state index in [1.807, 2.05) is 18.3 Å². The molecule has 0 heterocycles. The summed E-state index contributed by atoms with van der Waals surface area (Å²) in [5.74, 6) is 0.451. The van der Waals surface area contributed by atoms with Gasteiger partial charge in [-0.05, 0) is 37.1 Å². The molecule has 0 amide bonds. The number of rotatable bonds is 19. The summed E-state index contributed by atoms with van der Waals surface area (Å²) < 4.78 is 10.6. The summed E-state index contributed by atoms with van der Waals surface area (Å²) in [4.78, 5) is 16.2. The minimum absolute atomic E-state index is 0.353. The summed E-state index contributed by atoms with van der Waals surface area (Å²) >= 11 is 0. The maximum absolute atomic E-state index is 11.7. The molecule has 1 aromatic carbocycles. The monoisotopic (exact) mass is 443 g/mol. The van der Waals surface area contributed by atoms with Crippen LogP contribution in [0.25, 0.3) is 0 Å². The van der Waals surface area contributed by atoms with Crippen molar-refractivity contribution in [3.05, 3.63) is 35.9 Å². The summed E-state index contributed by atoms with van der Waals surface area (Å²) in [7, 11) is 1.56. The Morgan fingerprint density at radius 1 is 0.875 bits per heavy atom. The molecule has 0 aliphatic carbocycles. The van der Waals surface area contributed by atoms with Gasteiger partial charge in [-0.3, -0.25) is 4.99 Å². The van der Waals surface area contributed by atoms with Crippen molar-refractivity contribution < 1.29 is 14.3 Å². The number of nitrogens with zero attached hydrogens (tertiary/aromatic N) is 1. The van der Waals surface area contributed by atoms with Gasteiger partial charge in [0.2, 0.25) is 0 Å². The number of hydrogen-bond acceptors (Lipinski definition) is 4. The van der Waals surface area contributed by atoms with Gasteiger partial charge < -0.3 is 9.47 Å². The summed E-state index contributed by atoms with van der Waals surface area (Å²) in [6.07, 6.45) is 20.9. The first kappa shape index (κ1) is 27.9. The topological polar surface area (TPSA) is 47.9 Å². The van der Waals surface area contributed by atoms with Gasteiger partial charge in [0.05, 0.1) is 7.11 Å². The Hall–Kier alpha value is -2.10. The van der Waals surface area contributed by atoms with E-state index in [2.05, 4.69) is 18.5 Å². The standard InChI is InChI=1S/C28H45NO3/c1-5-6-7-8-9-10-11-12-13-14-15-16-17-18-21-29-23-25-19-20-26(27(22-25)31-4)32-28(30)24(2)3/h19-20,22-23H,2,5-18,21H2,1,3-4H3. The molecular formula is C28H45NO3. The summed E-state index contributed by atoms with van der Waals surface area (Å²) in [6.45, 7) is 8.33. The lowest BCUT2D eigenvalue weighted by molar-refractivity contribution is -0.130. The molecule has 0 saturated carbocycles. The number of aliphatic imine (C=N–C) groups is 1. The van der Waals surface area contributed by atoms with Gasteiger partial charge in [-0.25, -0.2) is 4.79 Å². The number of methoxy groups -OCH3 is 1. The summed E-state index contributed by atoms with van der Waals surface area (Å²) in [5, 5.41) is 0. The van der Waals surface area contributed by atoms with Crippen LogP contribution < -0.4 is 9.47 Å². The van der Waals surface area contributed by atoms with Crippen LogP contribution in [-0.2, 0) is 4.79 Å². The van der Waals surface area contributed by atoms with Crippen molar-refractivity contribution in [3.8, 4) is 11.5 Å². The fraction of sp³-hybridized carbons (Fsp3) is 0.643. The van der Waals surface area contributed by atoms with Gasteiger partial charge in [-0.15, -0.1) is 0 Å². The molecule has 0 atom stereocenters. The Kier molecular flexibility index (Phi) is 16.1. The lowest BCUT2D eigenvalue weighted by Gasteiger charge is -2.09. The number of hydrogen-bond donors (Lipinski definition) is 0. The lowest BCUT2D eigenvalue weighted by Crippen LogP contribution is -2.09. The predicted octanol–water partition coefficient (Wildman–Crippen LogP) is 8.08. The van der Waals surface area contributed by atoms with E-state index in [4.69, 9.17) is 9.47 Å². The second-order valence-corrected chi connectivity index (χ2v) is 8.71. The van der Waals surface area contributed by atoms with Crippen LogP contribution in [0.15, 0.2) is 35.3 Å². The molecule has 4 nitrogen and oxygen atoms in total. The van der Waals surface area contributed by atoms with Crippen molar-refractivity contribution in [2.75, 3.05) is 13.7 Å². The van der Waals surface area contributed by atoms with E-state index in [-0.39, 0.29) is 0 Å². The second-order valence-electron chi connectivity index (χ2n) is 8.71. The Balaban J connectivity index is 2.09. The zero-order chi connectivity index (χ0) is 23.4. The van der Waals surface area contributed by atoms with Crippen molar-refractivity contribution in [1.29, 1.82) is 0 Å². The van der Waals surface area contributed by atoms with Crippen LogP contribution >= 0.6 is 0 Å². The van der Waals surface area contributed by atoms with E-state index in [0.29, 0.717) is 17.1 Å². The second kappa shape index (κ2) is 18.5. The van der Waals surface area contributed by atoms with Gasteiger partial charge >= 0.3 is 5.97 Å². The van der Waals surface area contributed by atoms with Crippen molar-refractivity contribution in [3.63, 3.8) is 0 Å². The van der Waals surface area contributed by atoms with Gasteiger partial charge in [-0.1, -0.05) is 97.0 Å². The van der Waals surface area contributed by atoms with Crippen molar-refractivity contribution in [2.24, 2.45) is 4.99 Å². The van der Waals surface area contributed by atoms with E-state index in [9.17, 15) is 4.79 Å². The molecule has 0 radical (unpaired) electrons. The molecule has 0 aliphatic heterocycles. The van der Waals surface area contributed by atoms with E-state index < -0.39 is 5.97 Å². The highest BCUT2D eigenvalue weighted by molar-refractivity contribution is 5.89. The van der Waals surface area contributed by atoms with Crippen LogP contribution in [0.2, 0.25) is 0 Å². The largest absolute Gasteiger partial charge is 0.493 e. The highest BCUT2D eigenvalue weighted by atomic mass is 16.6. The number of esters is 1.